The van der Waals surface area contributed by atoms with Crippen LogP contribution in [0, 0.1) is 11.3 Å². The minimum absolute atomic E-state index is 0.153. The topological polar surface area (TPSA) is 41.1 Å². The van der Waals surface area contributed by atoms with Gasteiger partial charge in [-0.05, 0) is 25.2 Å². The Balaban J connectivity index is 4.56. The fourth-order valence-corrected chi connectivity index (χ4v) is 2.27. The van der Waals surface area contributed by atoms with Crippen molar-refractivity contribution in [3.8, 4) is 0 Å². The molecule has 0 aliphatic heterocycles. The average Bonchev–Trinajstić information content (AvgIpc) is 2.31. The van der Waals surface area contributed by atoms with E-state index in [1.54, 1.807) is 0 Å². The molecule has 1 amide bonds. The number of carbonyl (C=O) groups excluding carboxylic acids is 1. The first-order valence-corrected chi connectivity index (χ1v) is 6.62. The Labute approximate surface area is 100 Å². The Bertz CT molecular complexity index is 200. The van der Waals surface area contributed by atoms with Crippen LogP contribution in [-0.4, -0.2) is 12.5 Å². The molecule has 0 spiro atoms. The Morgan fingerprint density at radius 1 is 1.19 bits per heavy atom. The molecule has 0 radical (unpaired) electrons. The highest BCUT2D eigenvalue weighted by atomic mass is 16.2. The second-order valence-electron chi connectivity index (χ2n) is 4.55. The molecule has 0 aromatic carbocycles. The molecule has 0 aromatic rings. The molecule has 0 fully saturated rings. The predicted octanol–water partition coefficient (Wildman–Crippen LogP) is 2.87. The third kappa shape index (κ3) is 3.48. The van der Waals surface area contributed by atoms with E-state index in [0.29, 0.717) is 5.92 Å². The van der Waals surface area contributed by atoms with Gasteiger partial charge < -0.3 is 0 Å². The van der Waals surface area contributed by atoms with Crippen LogP contribution >= 0.6 is 0 Å². The molecule has 0 aliphatic rings. The average molecular weight is 228 g/mol. The summed E-state index contributed by atoms with van der Waals surface area (Å²) in [6, 6.07) is 0. The second-order valence-corrected chi connectivity index (χ2v) is 4.55. The summed E-state index contributed by atoms with van der Waals surface area (Å²) in [5, 5.41) is 0. The molecule has 0 aromatic heterocycles. The first-order valence-electron chi connectivity index (χ1n) is 6.62. The van der Waals surface area contributed by atoms with E-state index in [-0.39, 0.29) is 11.3 Å². The quantitative estimate of drug-likeness (QED) is 0.495. The molecule has 0 bridgehead atoms. The van der Waals surface area contributed by atoms with E-state index in [2.05, 4.69) is 45.5 Å². The monoisotopic (exact) mass is 228 g/mol. The molecule has 0 rings (SSSR count). The van der Waals surface area contributed by atoms with Gasteiger partial charge in [-0.25, -0.2) is 5.43 Å². The number of hydrazine groups is 1. The Morgan fingerprint density at radius 2 is 1.75 bits per heavy atom. The first kappa shape index (κ1) is 15.4. The lowest BCUT2D eigenvalue weighted by Gasteiger charge is -2.35. The summed E-state index contributed by atoms with van der Waals surface area (Å²) in [5.41, 5.74) is 5.63. The van der Waals surface area contributed by atoms with E-state index in [0.717, 1.165) is 32.2 Å². The summed E-state index contributed by atoms with van der Waals surface area (Å²) in [7, 11) is 0. The molecule has 0 saturated carbocycles. The number of hydrogen-bond donors (Lipinski definition) is 2. The lowest BCUT2D eigenvalue weighted by Crippen LogP contribution is -2.49. The first-order chi connectivity index (χ1) is 7.58. The lowest BCUT2D eigenvalue weighted by molar-refractivity contribution is -0.135. The highest BCUT2D eigenvalue weighted by Crippen LogP contribution is 2.37. The number of amides is 1. The summed E-state index contributed by atoms with van der Waals surface area (Å²) < 4.78 is 0. The van der Waals surface area contributed by atoms with Crippen molar-refractivity contribution >= 4 is 5.91 Å². The van der Waals surface area contributed by atoms with Gasteiger partial charge in [0.1, 0.15) is 0 Å². The zero-order valence-corrected chi connectivity index (χ0v) is 11.5. The van der Waals surface area contributed by atoms with Crippen molar-refractivity contribution in [2.45, 2.75) is 60.3 Å². The number of rotatable bonds is 8. The van der Waals surface area contributed by atoms with Crippen LogP contribution in [0.5, 0.6) is 0 Å². The molecular formula is C13H28N2O. The van der Waals surface area contributed by atoms with Gasteiger partial charge >= 0.3 is 0 Å². The molecule has 3 nitrogen and oxygen atoms in total. The minimum atomic E-state index is -0.213. The van der Waals surface area contributed by atoms with E-state index < -0.39 is 0 Å². The van der Waals surface area contributed by atoms with Crippen molar-refractivity contribution < 1.29 is 4.79 Å². The van der Waals surface area contributed by atoms with Crippen LogP contribution in [-0.2, 0) is 4.79 Å². The van der Waals surface area contributed by atoms with E-state index in [4.69, 9.17) is 0 Å². The van der Waals surface area contributed by atoms with E-state index >= 15 is 0 Å². The van der Waals surface area contributed by atoms with Crippen LogP contribution in [0.25, 0.3) is 0 Å². The maximum absolute atomic E-state index is 12.2. The van der Waals surface area contributed by atoms with Gasteiger partial charge in [-0.15, -0.1) is 0 Å². The standard InChI is InChI=1S/C13H28N2O/c1-6-10-14-15-12(16)13(8-3,9-4)11(5)7-2/h11,14H,6-10H2,1-5H3,(H,15,16). The summed E-state index contributed by atoms with van der Waals surface area (Å²) in [4.78, 5) is 12.2. The Hall–Kier alpha value is -0.570. The zero-order chi connectivity index (χ0) is 12.6. The van der Waals surface area contributed by atoms with Gasteiger partial charge in [0.2, 0.25) is 5.91 Å². The van der Waals surface area contributed by atoms with Crippen LogP contribution in [0.2, 0.25) is 0 Å². The fraction of sp³-hybridized carbons (Fsp3) is 0.923. The van der Waals surface area contributed by atoms with Crippen LogP contribution in [0.15, 0.2) is 0 Å². The fourth-order valence-electron chi connectivity index (χ4n) is 2.27. The molecule has 0 aliphatic carbocycles. The van der Waals surface area contributed by atoms with Crippen LogP contribution < -0.4 is 10.9 Å². The number of carbonyl (C=O) groups is 1. The highest BCUT2D eigenvalue weighted by molar-refractivity contribution is 5.82. The molecular weight excluding hydrogens is 200 g/mol. The van der Waals surface area contributed by atoms with Gasteiger partial charge in [0.15, 0.2) is 0 Å². The molecule has 0 heterocycles. The predicted molar refractivity (Wildman–Crippen MR) is 68.9 cm³/mol. The molecule has 0 saturated heterocycles. The molecule has 16 heavy (non-hydrogen) atoms. The van der Waals surface area contributed by atoms with Crippen LogP contribution in [0.3, 0.4) is 0 Å². The Kier molecular flexibility index (Phi) is 7.39. The minimum Gasteiger partial charge on any atom is -0.291 e. The highest BCUT2D eigenvalue weighted by Gasteiger charge is 2.39. The van der Waals surface area contributed by atoms with Gasteiger partial charge in [-0.2, -0.15) is 0 Å². The van der Waals surface area contributed by atoms with Gasteiger partial charge in [-0.3, -0.25) is 10.2 Å². The van der Waals surface area contributed by atoms with Crippen molar-refractivity contribution in [1.29, 1.82) is 0 Å². The van der Waals surface area contributed by atoms with Gasteiger partial charge in [0.05, 0.1) is 5.41 Å². The summed E-state index contributed by atoms with van der Waals surface area (Å²) in [6.45, 7) is 11.4. The third-order valence-corrected chi connectivity index (χ3v) is 3.85. The maximum Gasteiger partial charge on any atom is 0.240 e. The maximum atomic E-state index is 12.2. The summed E-state index contributed by atoms with van der Waals surface area (Å²) >= 11 is 0. The van der Waals surface area contributed by atoms with Crippen molar-refractivity contribution in [3.63, 3.8) is 0 Å². The third-order valence-electron chi connectivity index (χ3n) is 3.85. The number of hydrogen-bond acceptors (Lipinski definition) is 2. The van der Waals surface area contributed by atoms with E-state index in [9.17, 15) is 4.79 Å². The Morgan fingerprint density at radius 3 is 2.12 bits per heavy atom. The summed E-state index contributed by atoms with van der Waals surface area (Å²) in [5.74, 6) is 0.575. The van der Waals surface area contributed by atoms with Crippen molar-refractivity contribution in [3.05, 3.63) is 0 Å². The van der Waals surface area contributed by atoms with E-state index in [1.165, 1.54) is 0 Å². The SMILES string of the molecule is CCCNNC(=O)C(CC)(CC)C(C)CC. The second kappa shape index (κ2) is 7.66. The normalized spacial score (nSPS) is 13.6. The van der Waals surface area contributed by atoms with Crippen molar-refractivity contribution in [2.24, 2.45) is 11.3 Å². The molecule has 3 heteroatoms. The molecule has 1 atom stereocenters. The largest absolute Gasteiger partial charge is 0.291 e. The zero-order valence-electron chi connectivity index (χ0n) is 11.5. The molecule has 2 N–H and O–H groups in total. The molecule has 1 unspecified atom stereocenters. The lowest BCUT2D eigenvalue weighted by atomic mass is 9.70. The molecule has 96 valence electrons. The van der Waals surface area contributed by atoms with Gasteiger partial charge in [0, 0.05) is 6.54 Å². The van der Waals surface area contributed by atoms with Crippen molar-refractivity contribution in [1.82, 2.24) is 10.9 Å². The van der Waals surface area contributed by atoms with Gasteiger partial charge in [0.25, 0.3) is 0 Å². The van der Waals surface area contributed by atoms with Crippen LogP contribution in [0.4, 0.5) is 0 Å². The van der Waals surface area contributed by atoms with Gasteiger partial charge in [-0.1, -0.05) is 41.0 Å². The van der Waals surface area contributed by atoms with Crippen molar-refractivity contribution in [2.75, 3.05) is 6.54 Å². The smallest absolute Gasteiger partial charge is 0.240 e. The van der Waals surface area contributed by atoms with E-state index in [1.807, 2.05) is 0 Å². The summed E-state index contributed by atoms with van der Waals surface area (Å²) in [6.07, 6.45) is 3.87. The number of nitrogens with one attached hydrogen (secondary N) is 2. The van der Waals surface area contributed by atoms with Crippen LogP contribution in [0.1, 0.15) is 60.3 Å².